The standard InChI is InChI=1S/C10H12.2C9H10.C8H15NO.C8H9N.C8H8O.C8H14.C7H7NS.2C7H13N.C7H12.2C6H11N.C6H12.C5H11N.C5H10O.CH4/c1-2-6-10-8-4-3-7-9(10)5-1;2*1-2-5-9-7-3-6-8(9)4-1;1-2-4-9-5-6-10-7-8(9)3-1;2*1-2-4-8-7(3-1)5-6-9-8;1-2-8-5-3-7(1)4-6-8;1-2-4-7-6(3-1)5-8-9-7;1-3-7-4-2-6(1)5-8-7;1-2-6-4-5-7(3-1)8-6;1-2-7-4-3-6(1)5-7;1-2-6-3-5(1)4-7-6;1-2-6(3-1)4-7-5-6;3*1-2-4-6-5-3-1;/h1-2,5-6H,3-4,7-8H2;2*1-2,4-5H,3,6-7H2;8H,1-7H2;1-4,9H,5-6H2;1-4H,5-6H2;7-8H,1-6H2;1-4,8H,5H2;2*6-8H,1-5H2;6-7H,1-5H2;5-7H,1-4H2;7H,1-5H2;1-6H2;6H,1-5H2;1-5H2;1H4. The van der Waals surface area contributed by atoms with E-state index in [1.54, 1.807) is 116 Å². The number of nitrogens with one attached hydrogen (secondary N) is 7. The van der Waals surface area contributed by atoms with Crippen molar-refractivity contribution in [2.24, 2.45) is 40.9 Å². The Labute approximate surface area is 791 Å². The van der Waals surface area contributed by atoms with Crippen molar-refractivity contribution in [3.05, 3.63) is 196 Å². The number of para-hydroxylation sites is 2. The van der Waals surface area contributed by atoms with Gasteiger partial charge in [0.2, 0.25) is 0 Å². The fraction of sp³-hybridized carbons (Fsp3) is 0.692. The lowest BCUT2D eigenvalue weighted by atomic mass is 9.65. The SMILES string of the molecule is C.C1CC2(C1)CNC2.C1CC2CC1CN2.C1CC2CCC(C1)N2.C1CC2CCC1C2.C1CC2CCC1CC2.C1CC2CCC1CN2.C1CCCCC1.C1CCN2CCOCC2C1.C1CCNCC1.C1CCOCC1.c1ccc2c(c1)CCC2.c1ccc2c(c1)CCC2.c1ccc2c(c1)CCCC2.c1ccc2c(c1)CCN2.c1ccc2c(c1)CCO2.c1ccc2c(c1)CNS2. The second-order valence-electron chi connectivity index (χ2n) is 42.2. The van der Waals surface area contributed by atoms with Crippen molar-refractivity contribution in [3.8, 4) is 5.75 Å². The van der Waals surface area contributed by atoms with Crippen molar-refractivity contribution in [2.75, 3.05) is 97.3 Å². The van der Waals surface area contributed by atoms with E-state index in [0.717, 1.165) is 118 Å². The van der Waals surface area contributed by atoms with E-state index in [0.29, 0.717) is 0 Å². The molecule has 6 aromatic rings. The van der Waals surface area contributed by atoms with Gasteiger partial charge in [-0.1, -0.05) is 263 Å². The number of fused-ring (bicyclic) bond motifs is 19. The van der Waals surface area contributed by atoms with Crippen LogP contribution in [0.3, 0.4) is 0 Å². The van der Waals surface area contributed by atoms with Crippen LogP contribution in [-0.2, 0) is 67.4 Å². The van der Waals surface area contributed by atoms with Crippen molar-refractivity contribution in [1.82, 2.24) is 36.2 Å². The largest absolute Gasteiger partial charge is 0.493 e. The molecule has 25 aliphatic rings. The number of nitrogens with zero attached hydrogens (tertiary/aromatic N) is 1. The van der Waals surface area contributed by atoms with Crippen molar-refractivity contribution >= 4 is 17.6 Å². The van der Waals surface area contributed by atoms with Gasteiger partial charge in [0.05, 0.1) is 19.8 Å². The normalized spacial score (nSPS) is 28.1. The summed E-state index contributed by atoms with van der Waals surface area (Å²) in [5.74, 6) is 7.82. The van der Waals surface area contributed by atoms with Crippen LogP contribution in [0, 0.1) is 40.9 Å². The summed E-state index contributed by atoms with van der Waals surface area (Å²) in [6.07, 6.45) is 76.1. The number of piperidine rings is 6. The molecule has 11 nitrogen and oxygen atoms in total. The molecule has 6 aromatic carbocycles. The van der Waals surface area contributed by atoms with Crippen molar-refractivity contribution < 1.29 is 14.2 Å². The van der Waals surface area contributed by atoms with E-state index in [1.165, 1.54) is 355 Å². The highest BCUT2D eigenvalue weighted by Crippen LogP contribution is 2.45. The molecular weight excluding hydrogens is 1600 g/mol. The summed E-state index contributed by atoms with van der Waals surface area (Å²) in [7, 11) is 0. The summed E-state index contributed by atoms with van der Waals surface area (Å²) >= 11 is 1.72. The maximum atomic E-state index is 5.40. The first-order chi connectivity index (χ1) is 63.4. The van der Waals surface area contributed by atoms with Gasteiger partial charge in [0.25, 0.3) is 0 Å². The summed E-state index contributed by atoms with van der Waals surface area (Å²) < 4.78 is 19.0. The zero-order valence-corrected chi connectivity index (χ0v) is 81.2. The first-order valence-corrected chi connectivity index (χ1v) is 55.0. The van der Waals surface area contributed by atoms with Crippen molar-refractivity contribution in [3.63, 3.8) is 0 Å². The van der Waals surface area contributed by atoms with Gasteiger partial charge in [0, 0.05) is 93.2 Å². The molecule has 0 radical (unpaired) electrons. The smallest absolute Gasteiger partial charge is 0.122 e. The molecular formula is C117H182N8O3S. The van der Waals surface area contributed by atoms with E-state index in [-0.39, 0.29) is 7.43 Å². The van der Waals surface area contributed by atoms with Gasteiger partial charge < -0.3 is 46.1 Å². The second-order valence-corrected chi connectivity index (χ2v) is 43.1. The fourth-order valence-corrected chi connectivity index (χ4v) is 24.9. The molecule has 7 N–H and O–H groups in total. The Balaban J connectivity index is 0.000000118. The third-order valence-corrected chi connectivity index (χ3v) is 33.5. The van der Waals surface area contributed by atoms with E-state index < -0.39 is 0 Å². The second kappa shape index (κ2) is 59.0. The van der Waals surface area contributed by atoms with E-state index in [4.69, 9.17) is 14.2 Å². The van der Waals surface area contributed by atoms with Crippen LogP contribution in [0.1, 0.15) is 346 Å². The summed E-state index contributed by atoms with van der Waals surface area (Å²) in [4.78, 5) is 3.95. The first kappa shape index (κ1) is 101. The van der Waals surface area contributed by atoms with Crippen LogP contribution in [0.15, 0.2) is 150 Å². The molecule has 1 spiro atoms. The van der Waals surface area contributed by atoms with Crippen LogP contribution >= 0.6 is 11.9 Å². The Morgan fingerprint density at radius 3 is 1.17 bits per heavy atom. The Morgan fingerprint density at radius 2 is 0.798 bits per heavy atom. The van der Waals surface area contributed by atoms with Gasteiger partial charge in [-0.3, -0.25) is 9.62 Å². The lowest BCUT2D eigenvalue weighted by Gasteiger charge is -2.49. The topological polar surface area (TPSA) is 115 Å². The van der Waals surface area contributed by atoms with Crippen molar-refractivity contribution in [1.29, 1.82) is 0 Å². The number of morpholine rings is 1. The molecule has 13 heterocycles. The minimum absolute atomic E-state index is 0. The maximum Gasteiger partial charge on any atom is 0.122 e. The molecule has 12 heteroatoms. The number of hydrogen-bond donors (Lipinski definition) is 7. The minimum Gasteiger partial charge on any atom is -0.493 e. The lowest BCUT2D eigenvalue weighted by Crippen LogP contribution is -2.57. The van der Waals surface area contributed by atoms with Gasteiger partial charge in [0.1, 0.15) is 5.75 Å². The molecule has 5 atom stereocenters. The van der Waals surface area contributed by atoms with Crippen LogP contribution in [0.2, 0.25) is 0 Å². The number of benzene rings is 6. The van der Waals surface area contributed by atoms with E-state index in [1.807, 2.05) is 18.2 Å². The van der Waals surface area contributed by atoms with E-state index >= 15 is 0 Å². The first-order valence-electron chi connectivity index (χ1n) is 54.2. The van der Waals surface area contributed by atoms with Gasteiger partial charge in [-0.15, -0.1) is 0 Å². The molecule has 714 valence electrons. The Bertz CT molecular complexity index is 3260. The molecule has 13 aliphatic heterocycles. The summed E-state index contributed by atoms with van der Waals surface area (Å²) in [6, 6.07) is 55.8. The number of aryl methyl sites for hydroxylation is 6. The Kier molecular flexibility index (Phi) is 46.4. The monoisotopic (exact) mass is 1780 g/mol. The minimum atomic E-state index is 0. The van der Waals surface area contributed by atoms with Gasteiger partial charge >= 0.3 is 0 Å². The predicted octanol–water partition coefficient (Wildman–Crippen LogP) is 26.5. The highest BCUT2D eigenvalue weighted by molar-refractivity contribution is 7.97. The molecule has 129 heavy (non-hydrogen) atoms. The zero-order chi connectivity index (χ0) is 87.2. The van der Waals surface area contributed by atoms with Crippen molar-refractivity contribution in [2.45, 2.75) is 389 Å². The predicted molar refractivity (Wildman–Crippen MR) is 550 cm³/mol. The molecule has 19 fully saturated rings. The van der Waals surface area contributed by atoms with Gasteiger partial charge in [-0.05, 0) is 359 Å². The molecule has 10 saturated heterocycles. The highest BCUT2D eigenvalue weighted by atomic mass is 32.2. The van der Waals surface area contributed by atoms with Gasteiger partial charge in [-0.2, -0.15) is 0 Å². The average molecular weight is 1780 g/mol. The van der Waals surface area contributed by atoms with E-state index in [2.05, 4.69) is 169 Å². The van der Waals surface area contributed by atoms with Crippen LogP contribution in [0.25, 0.3) is 0 Å². The average Bonchev–Trinajstić information content (AvgIpc) is 1.73. The van der Waals surface area contributed by atoms with E-state index in [9.17, 15) is 0 Å². The van der Waals surface area contributed by atoms with Gasteiger partial charge in [-0.25, -0.2) is 0 Å². The summed E-state index contributed by atoms with van der Waals surface area (Å²) in [5.41, 5.74) is 15.8. The number of anilines is 1. The third-order valence-electron chi connectivity index (χ3n) is 32.6. The summed E-state index contributed by atoms with van der Waals surface area (Å²) in [5, 5.41) is 20.5. The maximum absolute atomic E-state index is 5.40. The fourth-order valence-electron chi connectivity index (χ4n) is 24.1. The number of rotatable bonds is 0. The highest BCUT2D eigenvalue weighted by Gasteiger charge is 2.42. The van der Waals surface area contributed by atoms with Crippen LogP contribution < -0.4 is 41.4 Å². The van der Waals surface area contributed by atoms with Crippen LogP contribution in [0.4, 0.5) is 5.69 Å². The van der Waals surface area contributed by atoms with Gasteiger partial charge in [0.15, 0.2) is 0 Å². The Hall–Kier alpha value is -5.09. The Morgan fingerprint density at radius 1 is 0.318 bits per heavy atom. The molecule has 9 saturated carbocycles. The molecule has 31 rings (SSSR count). The molecule has 5 unspecified atom stereocenters. The summed E-state index contributed by atoms with van der Waals surface area (Å²) in [6.45, 7) is 17.2. The molecule has 0 aromatic heterocycles. The number of ether oxygens (including phenoxy) is 3. The molecule has 0 amide bonds. The third kappa shape index (κ3) is 36.2. The quantitative estimate of drug-likeness (QED) is 0.0735. The van der Waals surface area contributed by atoms with Crippen LogP contribution in [0.5, 0.6) is 5.75 Å². The van der Waals surface area contributed by atoms with Crippen LogP contribution in [-0.4, -0.2) is 127 Å². The molecule has 10 bridgehead atoms. The number of hydrogen-bond acceptors (Lipinski definition) is 12. The lowest BCUT2D eigenvalue weighted by molar-refractivity contribution is -0.0231. The molecule has 12 aliphatic carbocycles. The zero-order valence-electron chi connectivity index (χ0n) is 80.4.